The van der Waals surface area contributed by atoms with Gasteiger partial charge in [-0.2, -0.15) is 5.10 Å². The number of halogens is 1. The lowest BCUT2D eigenvalue weighted by atomic mass is 10.0. The molecule has 0 unspecified atom stereocenters. The van der Waals surface area contributed by atoms with E-state index in [2.05, 4.69) is 10.1 Å². The van der Waals surface area contributed by atoms with Crippen LogP contribution in [0.4, 0.5) is 0 Å². The summed E-state index contributed by atoms with van der Waals surface area (Å²) in [5.41, 5.74) is 4.64. The van der Waals surface area contributed by atoms with Gasteiger partial charge >= 0.3 is 5.97 Å². The third-order valence-corrected chi connectivity index (χ3v) is 4.54. The molecule has 6 heteroatoms. The maximum absolute atomic E-state index is 11.4. The Labute approximate surface area is 143 Å². The first kappa shape index (κ1) is 14.9. The van der Waals surface area contributed by atoms with Crippen LogP contribution in [0.15, 0.2) is 30.5 Å². The summed E-state index contributed by atoms with van der Waals surface area (Å²) in [7, 11) is 0. The van der Waals surface area contributed by atoms with E-state index in [9.17, 15) is 9.90 Å². The minimum atomic E-state index is -0.927. The van der Waals surface area contributed by atoms with Crippen LogP contribution in [0, 0.1) is 0 Å². The normalized spacial score (nSPS) is 13.2. The Bertz CT molecular complexity index is 1020. The molecule has 1 N–H and O–H groups in total. The van der Waals surface area contributed by atoms with E-state index in [1.54, 1.807) is 6.07 Å². The number of carboxylic acid groups (broad SMARTS) is 1. The smallest absolute Gasteiger partial charge is 0.336 e. The predicted molar refractivity (Wildman–Crippen MR) is 93.2 cm³/mol. The van der Waals surface area contributed by atoms with Crippen molar-refractivity contribution >= 4 is 40.1 Å². The van der Waals surface area contributed by atoms with E-state index in [1.165, 1.54) is 6.20 Å². The van der Waals surface area contributed by atoms with Crippen molar-refractivity contribution in [1.82, 2.24) is 14.8 Å². The molecule has 3 aromatic rings. The Morgan fingerprint density at radius 2 is 2.21 bits per heavy atom. The molecule has 0 aliphatic heterocycles. The third kappa shape index (κ3) is 2.20. The lowest BCUT2D eigenvalue weighted by Gasteiger charge is -2.07. The second-order valence-corrected chi connectivity index (χ2v) is 6.14. The molecule has 0 saturated heterocycles. The van der Waals surface area contributed by atoms with Gasteiger partial charge in [-0.05, 0) is 48.4 Å². The van der Waals surface area contributed by atoms with Crippen molar-refractivity contribution in [3.8, 4) is 0 Å². The van der Waals surface area contributed by atoms with Crippen LogP contribution in [0.2, 0.25) is 5.02 Å². The second kappa shape index (κ2) is 5.46. The number of pyridine rings is 1. The van der Waals surface area contributed by atoms with Gasteiger partial charge in [0, 0.05) is 29.6 Å². The Balaban J connectivity index is 1.88. The van der Waals surface area contributed by atoms with Gasteiger partial charge in [0.1, 0.15) is 0 Å². The lowest BCUT2D eigenvalue weighted by molar-refractivity contribution is 0.0695. The van der Waals surface area contributed by atoms with E-state index in [-0.39, 0.29) is 0 Å². The summed E-state index contributed by atoms with van der Waals surface area (Å²) in [6.07, 6.45) is 4.03. The zero-order chi connectivity index (χ0) is 16.8. The average molecular weight is 340 g/mol. The first-order valence-corrected chi connectivity index (χ1v) is 8.04. The zero-order valence-electron chi connectivity index (χ0n) is 13.0. The molecule has 0 spiro atoms. The number of aryl methyl sites for hydroxylation is 1. The first-order valence-electron chi connectivity index (χ1n) is 7.66. The molecular weight excluding hydrogens is 326 g/mol. The van der Waals surface area contributed by atoms with Crippen LogP contribution in [0.1, 0.15) is 34.2 Å². The van der Waals surface area contributed by atoms with Crippen LogP contribution in [0.5, 0.6) is 0 Å². The van der Waals surface area contributed by atoms with Gasteiger partial charge in [-0.15, -0.1) is 0 Å². The number of carboxylic acids is 1. The highest BCUT2D eigenvalue weighted by Crippen LogP contribution is 2.36. The molecule has 1 aliphatic rings. The molecule has 0 bridgehead atoms. The van der Waals surface area contributed by atoms with Crippen molar-refractivity contribution in [2.24, 2.45) is 0 Å². The van der Waals surface area contributed by atoms with Gasteiger partial charge in [0.25, 0.3) is 0 Å². The Morgan fingerprint density at radius 1 is 1.38 bits per heavy atom. The van der Waals surface area contributed by atoms with Gasteiger partial charge < -0.3 is 5.11 Å². The highest BCUT2D eigenvalue weighted by Gasteiger charge is 2.25. The van der Waals surface area contributed by atoms with Crippen molar-refractivity contribution in [3.05, 3.63) is 58.0 Å². The predicted octanol–water partition coefficient (Wildman–Crippen LogP) is 3.90. The average Bonchev–Trinajstić information content (AvgIpc) is 3.13. The van der Waals surface area contributed by atoms with Gasteiger partial charge in [-0.3, -0.25) is 9.67 Å². The molecule has 0 fully saturated rings. The molecule has 0 amide bonds. The number of rotatable bonds is 3. The van der Waals surface area contributed by atoms with Crippen LogP contribution in [0.3, 0.4) is 0 Å². The molecule has 0 radical (unpaired) electrons. The van der Waals surface area contributed by atoms with Crippen LogP contribution in [0.25, 0.3) is 22.6 Å². The SMILES string of the molecule is CCn1nc2cc(Cl)ccc2c1C1=Cc2nccc(C(=O)O)c2C1. The summed E-state index contributed by atoms with van der Waals surface area (Å²) >= 11 is 6.07. The van der Waals surface area contributed by atoms with E-state index >= 15 is 0 Å². The highest BCUT2D eigenvalue weighted by molar-refractivity contribution is 6.31. The number of allylic oxidation sites excluding steroid dienone is 1. The minimum absolute atomic E-state index is 0.307. The molecule has 1 aliphatic carbocycles. The summed E-state index contributed by atoms with van der Waals surface area (Å²) < 4.78 is 1.93. The number of hydrogen-bond donors (Lipinski definition) is 1. The van der Waals surface area contributed by atoms with Gasteiger partial charge in [-0.25, -0.2) is 4.79 Å². The monoisotopic (exact) mass is 339 g/mol. The maximum atomic E-state index is 11.4. The first-order chi connectivity index (χ1) is 11.6. The maximum Gasteiger partial charge on any atom is 0.336 e. The Hall–Kier alpha value is -2.66. The van der Waals surface area contributed by atoms with Crippen LogP contribution in [-0.2, 0) is 13.0 Å². The van der Waals surface area contributed by atoms with Gasteiger partial charge in [0.15, 0.2) is 0 Å². The van der Waals surface area contributed by atoms with Crippen molar-refractivity contribution in [1.29, 1.82) is 0 Å². The minimum Gasteiger partial charge on any atom is -0.478 e. The van der Waals surface area contributed by atoms with Crippen molar-refractivity contribution < 1.29 is 9.90 Å². The zero-order valence-corrected chi connectivity index (χ0v) is 13.7. The van der Waals surface area contributed by atoms with Gasteiger partial charge in [0.05, 0.1) is 22.5 Å². The molecule has 2 aromatic heterocycles. The molecule has 2 heterocycles. The standard InChI is InChI=1S/C18H14ClN3O2/c1-2-22-17(13-4-3-11(19)9-16(13)21-22)10-7-14-12(18(23)24)5-6-20-15(14)8-10/h3-6,8-9H,2,7H2,1H3,(H,23,24). The summed E-state index contributed by atoms with van der Waals surface area (Å²) in [5.74, 6) is -0.927. The number of benzene rings is 1. The van der Waals surface area contributed by atoms with E-state index in [0.29, 0.717) is 23.6 Å². The largest absolute Gasteiger partial charge is 0.478 e. The second-order valence-electron chi connectivity index (χ2n) is 5.70. The quantitative estimate of drug-likeness (QED) is 0.785. The van der Waals surface area contributed by atoms with Crippen LogP contribution >= 0.6 is 11.6 Å². The molecule has 24 heavy (non-hydrogen) atoms. The summed E-state index contributed by atoms with van der Waals surface area (Å²) in [5, 5.41) is 15.7. The summed E-state index contributed by atoms with van der Waals surface area (Å²) in [4.78, 5) is 15.8. The fourth-order valence-corrected chi connectivity index (χ4v) is 3.42. The van der Waals surface area contributed by atoms with Crippen molar-refractivity contribution in [2.75, 3.05) is 0 Å². The number of nitrogens with zero attached hydrogens (tertiary/aromatic N) is 3. The molecule has 1 aromatic carbocycles. The number of aromatic carboxylic acids is 1. The Kier molecular flexibility index (Phi) is 3.39. The molecule has 5 nitrogen and oxygen atoms in total. The fraction of sp³-hybridized carbons (Fsp3) is 0.167. The Morgan fingerprint density at radius 3 is 2.96 bits per heavy atom. The van der Waals surface area contributed by atoms with Crippen LogP contribution < -0.4 is 0 Å². The van der Waals surface area contributed by atoms with E-state index in [1.807, 2.05) is 35.9 Å². The van der Waals surface area contributed by atoms with E-state index in [0.717, 1.165) is 33.4 Å². The topological polar surface area (TPSA) is 68.0 Å². The molecular formula is C18H14ClN3O2. The third-order valence-electron chi connectivity index (χ3n) is 4.30. The highest BCUT2D eigenvalue weighted by atomic mass is 35.5. The molecule has 120 valence electrons. The number of hydrogen-bond acceptors (Lipinski definition) is 3. The van der Waals surface area contributed by atoms with E-state index < -0.39 is 5.97 Å². The van der Waals surface area contributed by atoms with Crippen molar-refractivity contribution in [2.45, 2.75) is 19.9 Å². The number of aromatic nitrogens is 3. The molecule has 0 saturated carbocycles. The lowest BCUT2D eigenvalue weighted by Crippen LogP contribution is -2.05. The van der Waals surface area contributed by atoms with Crippen LogP contribution in [-0.4, -0.2) is 25.8 Å². The van der Waals surface area contributed by atoms with E-state index in [4.69, 9.17) is 11.6 Å². The molecule has 0 atom stereocenters. The van der Waals surface area contributed by atoms with Gasteiger partial charge in [-0.1, -0.05) is 11.6 Å². The van der Waals surface area contributed by atoms with Crippen molar-refractivity contribution in [3.63, 3.8) is 0 Å². The number of fused-ring (bicyclic) bond motifs is 2. The number of carbonyl (C=O) groups is 1. The molecule has 4 rings (SSSR count). The summed E-state index contributed by atoms with van der Waals surface area (Å²) in [6.45, 7) is 2.75. The summed E-state index contributed by atoms with van der Waals surface area (Å²) in [6, 6.07) is 7.20. The van der Waals surface area contributed by atoms with Gasteiger partial charge in [0.2, 0.25) is 0 Å². The fourth-order valence-electron chi connectivity index (χ4n) is 3.25.